The topological polar surface area (TPSA) is 52.0 Å². The molecule has 0 heterocycles. The van der Waals surface area contributed by atoms with Crippen LogP contribution in [0.25, 0.3) is 0 Å². The standard InChI is InChI=1S/C12H18N2/c1-9(2)4-3-5-10-6-7-11(13)8-12(10)14/h6-8H,1,3-5,13-14H2,2H3. The zero-order valence-corrected chi connectivity index (χ0v) is 8.72. The van der Waals surface area contributed by atoms with Crippen molar-refractivity contribution in [2.75, 3.05) is 11.5 Å². The molecule has 0 atom stereocenters. The second kappa shape index (κ2) is 4.70. The fourth-order valence-electron chi connectivity index (χ4n) is 1.42. The van der Waals surface area contributed by atoms with Crippen LogP contribution in [0, 0.1) is 0 Å². The quantitative estimate of drug-likeness (QED) is 0.566. The fourth-order valence-corrected chi connectivity index (χ4v) is 1.42. The van der Waals surface area contributed by atoms with E-state index in [4.69, 9.17) is 11.5 Å². The lowest BCUT2D eigenvalue weighted by Crippen LogP contribution is -1.96. The molecule has 0 aliphatic heterocycles. The average molecular weight is 190 g/mol. The maximum atomic E-state index is 5.84. The van der Waals surface area contributed by atoms with Crippen LogP contribution in [0.15, 0.2) is 30.4 Å². The van der Waals surface area contributed by atoms with Crippen LogP contribution in [-0.2, 0) is 6.42 Å². The third-order valence-electron chi connectivity index (χ3n) is 2.22. The summed E-state index contributed by atoms with van der Waals surface area (Å²) in [5, 5.41) is 0. The largest absolute Gasteiger partial charge is 0.399 e. The van der Waals surface area contributed by atoms with E-state index in [1.165, 1.54) is 11.1 Å². The lowest BCUT2D eigenvalue weighted by molar-refractivity contribution is 0.815. The summed E-state index contributed by atoms with van der Waals surface area (Å²) in [6.45, 7) is 5.92. The molecule has 1 aromatic rings. The molecule has 0 amide bonds. The van der Waals surface area contributed by atoms with Gasteiger partial charge in [0.2, 0.25) is 0 Å². The van der Waals surface area contributed by atoms with Crippen LogP contribution in [-0.4, -0.2) is 0 Å². The molecule has 14 heavy (non-hydrogen) atoms. The van der Waals surface area contributed by atoms with Crippen molar-refractivity contribution in [3.63, 3.8) is 0 Å². The molecular formula is C12H18N2. The van der Waals surface area contributed by atoms with Crippen LogP contribution in [0.3, 0.4) is 0 Å². The number of nitrogen functional groups attached to an aromatic ring is 2. The molecule has 0 saturated heterocycles. The van der Waals surface area contributed by atoms with Crippen molar-refractivity contribution >= 4 is 11.4 Å². The van der Waals surface area contributed by atoms with Gasteiger partial charge in [0.25, 0.3) is 0 Å². The van der Waals surface area contributed by atoms with E-state index >= 15 is 0 Å². The molecule has 0 fully saturated rings. The lowest BCUT2D eigenvalue weighted by atomic mass is 10.0. The minimum atomic E-state index is 0.728. The van der Waals surface area contributed by atoms with Gasteiger partial charge in [-0.2, -0.15) is 0 Å². The molecule has 0 bridgehead atoms. The van der Waals surface area contributed by atoms with Crippen LogP contribution in [0.4, 0.5) is 11.4 Å². The summed E-state index contributed by atoms with van der Waals surface area (Å²) in [6.07, 6.45) is 3.16. The number of allylic oxidation sites excluding steroid dienone is 1. The first kappa shape index (κ1) is 10.6. The van der Waals surface area contributed by atoms with E-state index in [-0.39, 0.29) is 0 Å². The molecule has 0 spiro atoms. The van der Waals surface area contributed by atoms with Crippen molar-refractivity contribution in [1.29, 1.82) is 0 Å². The second-order valence-corrected chi connectivity index (χ2v) is 3.77. The van der Waals surface area contributed by atoms with Gasteiger partial charge in [0.15, 0.2) is 0 Å². The summed E-state index contributed by atoms with van der Waals surface area (Å²) in [5.41, 5.74) is 15.4. The molecule has 0 aliphatic rings. The number of benzene rings is 1. The normalized spacial score (nSPS) is 10.1. The number of hydrogen-bond donors (Lipinski definition) is 2. The Morgan fingerprint density at radius 2 is 2.07 bits per heavy atom. The van der Waals surface area contributed by atoms with Crippen LogP contribution >= 0.6 is 0 Å². The first-order valence-corrected chi connectivity index (χ1v) is 4.88. The van der Waals surface area contributed by atoms with Gasteiger partial charge in [-0.25, -0.2) is 0 Å². The van der Waals surface area contributed by atoms with Gasteiger partial charge in [0.1, 0.15) is 0 Å². The molecular weight excluding hydrogens is 172 g/mol. The number of nitrogens with two attached hydrogens (primary N) is 2. The van der Waals surface area contributed by atoms with Crippen LogP contribution in [0.2, 0.25) is 0 Å². The molecule has 2 nitrogen and oxygen atoms in total. The van der Waals surface area contributed by atoms with Crippen molar-refractivity contribution in [1.82, 2.24) is 0 Å². The minimum absolute atomic E-state index is 0.728. The highest BCUT2D eigenvalue weighted by Gasteiger charge is 1.99. The minimum Gasteiger partial charge on any atom is -0.399 e. The maximum Gasteiger partial charge on any atom is 0.0367 e. The number of aryl methyl sites for hydroxylation is 1. The molecule has 2 heteroatoms. The van der Waals surface area contributed by atoms with Crippen LogP contribution < -0.4 is 11.5 Å². The summed E-state index contributed by atoms with van der Waals surface area (Å²) in [7, 11) is 0. The van der Waals surface area contributed by atoms with E-state index in [2.05, 4.69) is 6.58 Å². The number of rotatable bonds is 4. The van der Waals surface area contributed by atoms with Crippen molar-refractivity contribution in [2.24, 2.45) is 0 Å². The highest BCUT2D eigenvalue weighted by atomic mass is 14.6. The van der Waals surface area contributed by atoms with Crippen LogP contribution in [0.1, 0.15) is 25.3 Å². The average Bonchev–Trinajstić information content (AvgIpc) is 2.08. The first-order chi connectivity index (χ1) is 6.59. The second-order valence-electron chi connectivity index (χ2n) is 3.77. The van der Waals surface area contributed by atoms with Crippen molar-refractivity contribution < 1.29 is 0 Å². The van der Waals surface area contributed by atoms with Crippen molar-refractivity contribution in [3.05, 3.63) is 35.9 Å². The predicted octanol–water partition coefficient (Wildman–Crippen LogP) is 2.75. The Hall–Kier alpha value is -1.44. The Morgan fingerprint density at radius 1 is 1.36 bits per heavy atom. The number of anilines is 2. The summed E-state index contributed by atoms with van der Waals surface area (Å²) in [6, 6.07) is 5.71. The van der Waals surface area contributed by atoms with E-state index in [1.807, 2.05) is 25.1 Å². The Morgan fingerprint density at radius 3 is 2.64 bits per heavy atom. The van der Waals surface area contributed by atoms with Gasteiger partial charge in [-0.3, -0.25) is 0 Å². The monoisotopic (exact) mass is 190 g/mol. The van der Waals surface area contributed by atoms with E-state index < -0.39 is 0 Å². The highest BCUT2D eigenvalue weighted by molar-refractivity contribution is 5.56. The summed E-state index contributed by atoms with van der Waals surface area (Å²) in [5.74, 6) is 0. The molecule has 76 valence electrons. The van der Waals surface area contributed by atoms with E-state index in [9.17, 15) is 0 Å². The zero-order chi connectivity index (χ0) is 10.6. The van der Waals surface area contributed by atoms with Gasteiger partial charge in [-0.1, -0.05) is 11.6 Å². The fraction of sp³-hybridized carbons (Fsp3) is 0.333. The maximum absolute atomic E-state index is 5.84. The van der Waals surface area contributed by atoms with Gasteiger partial charge in [-0.15, -0.1) is 6.58 Å². The van der Waals surface area contributed by atoms with Crippen molar-refractivity contribution in [3.8, 4) is 0 Å². The SMILES string of the molecule is C=C(C)CCCc1ccc(N)cc1N. The third kappa shape index (κ3) is 3.13. The summed E-state index contributed by atoms with van der Waals surface area (Å²) >= 11 is 0. The van der Waals surface area contributed by atoms with Gasteiger partial charge in [-0.05, 0) is 43.9 Å². The Balaban J connectivity index is 2.55. The smallest absolute Gasteiger partial charge is 0.0367 e. The Bertz CT molecular complexity index is 329. The molecule has 1 aromatic carbocycles. The Kier molecular flexibility index (Phi) is 3.57. The summed E-state index contributed by atoms with van der Waals surface area (Å²) in [4.78, 5) is 0. The van der Waals surface area contributed by atoms with Gasteiger partial charge in [0, 0.05) is 11.4 Å². The molecule has 0 aromatic heterocycles. The van der Waals surface area contributed by atoms with E-state index in [0.717, 1.165) is 30.6 Å². The van der Waals surface area contributed by atoms with Gasteiger partial charge < -0.3 is 11.5 Å². The Labute approximate surface area is 85.6 Å². The number of hydrogen-bond acceptors (Lipinski definition) is 2. The van der Waals surface area contributed by atoms with Gasteiger partial charge in [0.05, 0.1) is 0 Å². The highest BCUT2D eigenvalue weighted by Crippen LogP contribution is 2.18. The molecule has 0 radical (unpaired) electrons. The first-order valence-electron chi connectivity index (χ1n) is 4.88. The molecule has 0 unspecified atom stereocenters. The molecule has 0 aliphatic carbocycles. The van der Waals surface area contributed by atoms with Crippen molar-refractivity contribution in [2.45, 2.75) is 26.2 Å². The molecule has 1 rings (SSSR count). The van der Waals surface area contributed by atoms with Gasteiger partial charge >= 0.3 is 0 Å². The predicted molar refractivity (Wildman–Crippen MR) is 63.0 cm³/mol. The summed E-state index contributed by atoms with van der Waals surface area (Å²) < 4.78 is 0. The lowest BCUT2D eigenvalue weighted by Gasteiger charge is -2.06. The zero-order valence-electron chi connectivity index (χ0n) is 8.72. The van der Waals surface area contributed by atoms with E-state index in [1.54, 1.807) is 0 Å². The van der Waals surface area contributed by atoms with E-state index in [0.29, 0.717) is 0 Å². The third-order valence-corrected chi connectivity index (χ3v) is 2.22. The molecule has 4 N–H and O–H groups in total. The molecule has 0 saturated carbocycles. The van der Waals surface area contributed by atoms with Crippen LogP contribution in [0.5, 0.6) is 0 Å².